The van der Waals surface area contributed by atoms with Gasteiger partial charge in [0.1, 0.15) is 0 Å². The second kappa shape index (κ2) is 3.72. The largest absolute Gasteiger partial charge is 0.481 e. The van der Waals surface area contributed by atoms with E-state index in [2.05, 4.69) is 4.98 Å². The molecule has 0 aliphatic carbocycles. The molecule has 1 atom stereocenters. The molecular formula is C9H14N2O2. The van der Waals surface area contributed by atoms with Gasteiger partial charge in [-0.3, -0.25) is 0 Å². The lowest BCUT2D eigenvalue weighted by atomic mass is 10.0. The fraction of sp³-hybridized carbons (Fsp3) is 0.444. The maximum absolute atomic E-state index is 9.01. The maximum Gasteiger partial charge on any atom is 0.213 e. The number of methoxy groups -OCH3 is 1. The van der Waals surface area contributed by atoms with Crippen LogP contribution in [0.2, 0.25) is 0 Å². The molecule has 3 N–H and O–H groups in total. The topological polar surface area (TPSA) is 68.4 Å². The van der Waals surface area contributed by atoms with Gasteiger partial charge in [0.15, 0.2) is 0 Å². The van der Waals surface area contributed by atoms with Crippen molar-refractivity contribution in [3.05, 3.63) is 23.9 Å². The Morgan fingerprint density at radius 2 is 2.31 bits per heavy atom. The van der Waals surface area contributed by atoms with Gasteiger partial charge in [0.25, 0.3) is 0 Å². The third-order valence-corrected chi connectivity index (χ3v) is 1.85. The van der Waals surface area contributed by atoms with Crippen LogP contribution < -0.4 is 10.5 Å². The first kappa shape index (κ1) is 9.95. The number of aliphatic hydroxyl groups excluding tert-OH is 1. The van der Waals surface area contributed by atoms with Crippen LogP contribution in [-0.4, -0.2) is 23.8 Å². The highest BCUT2D eigenvalue weighted by atomic mass is 16.5. The van der Waals surface area contributed by atoms with E-state index in [0.29, 0.717) is 11.6 Å². The molecule has 13 heavy (non-hydrogen) atoms. The van der Waals surface area contributed by atoms with Crippen LogP contribution >= 0.6 is 0 Å². The summed E-state index contributed by atoms with van der Waals surface area (Å²) < 4.78 is 4.95. The zero-order valence-corrected chi connectivity index (χ0v) is 7.82. The number of nitrogens with zero attached hydrogens (tertiary/aromatic N) is 1. The van der Waals surface area contributed by atoms with E-state index in [1.807, 2.05) is 0 Å². The summed E-state index contributed by atoms with van der Waals surface area (Å²) in [4.78, 5) is 4.13. The van der Waals surface area contributed by atoms with Crippen LogP contribution in [0.15, 0.2) is 18.2 Å². The van der Waals surface area contributed by atoms with E-state index in [1.165, 1.54) is 0 Å². The minimum absolute atomic E-state index is 0.146. The summed E-state index contributed by atoms with van der Waals surface area (Å²) in [6, 6.07) is 5.29. The predicted octanol–water partition coefficient (Wildman–Crippen LogP) is 0.256. The first-order valence-corrected chi connectivity index (χ1v) is 4.01. The summed E-state index contributed by atoms with van der Waals surface area (Å²) in [7, 11) is 1.54. The molecule has 0 radical (unpaired) electrons. The van der Waals surface area contributed by atoms with Gasteiger partial charge in [-0.2, -0.15) is 0 Å². The standard InChI is InChI=1S/C9H14N2O2/c1-9(10,6-12)7-4-3-5-8(11-7)13-2/h3-5,12H,6,10H2,1-2H3. The van der Waals surface area contributed by atoms with Crippen molar-refractivity contribution in [3.8, 4) is 5.88 Å². The molecule has 1 unspecified atom stereocenters. The number of aromatic nitrogens is 1. The summed E-state index contributed by atoms with van der Waals surface area (Å²) >= 11 is 0. The first-order chi connectivity index (χ1) is 6.10. The summed E-state index contributed by atoms with van der Waals surface area (Å²) in [6.45, 7) is 1.57. The molecule has 72 valence electrons. The van der Waals surface area contributed by atoms with E-state index in [4.69, 9.17) is 15.6 Å². The molecule has 0 amide bonds. The lowest BCUT2D eigenvalue weighted by Crippen LogP contribution is -2.37. The van der Waals surface area contributed by atoms with Gasteiger partial charge in [0.2, 0.25) is 5.88 Å². The molecule has 0 fully saturated rings. The fourth-order valence-corrected chi connectivity index (χ4v) is 0.928. The normalized spacial score (nSPS) is 15.1. The van der Waals surface area contributed by atoms with E-state index in [1.54, 1.807) is 32.2 Å². The van der Waals surface area contributed by atoms with Gasteiger partial charge in [-0.1, -0.05) is 6.07 Å². The maximum atomic E-state index is 9.01. The summed E-state index contributed by atoms with van der Waals surface area (Å²) in [6.07, 6.45) is 0. The van der Waals surface area contributed by atoms with Crippen molar-refractivity contribution < 1.29 is 9.84 Å². The van der Waals surface area contributed by atoms with E-state index in [9.17, 15) is 0 Å². The van der Waals surface area contributed by atoms with Crippen LogP contribution in [-0.2, 0) is 5.54 Å². The monoisotopic (exact) mass is 182 g/mol. The average molecular weight is 182 g/mol. The molecule has 0 saturated heterocycles. The quantitative estimate of drug-likeness (QED) is 0.703. The van der Waals surface area contributed by atoms with Gasteiger partial charge in [0, 0.05) is 6.07 Å². The molecule has 0 spiro atoms. The molecule has 0 saturated carbocycles. The molecular weight excluding hydrogens is 168 g/mol. The van der Waals surface area contributed by atoms with Gasteiger partial charge in [-0.05, 0) is 13.0 Å². The van der Waals surface area contributed by atoms with E-state index >= 15 is 0 Å². The smallest absolute Gasteiger partial charge is 0.213 e. The number of hydrogen-bond acceptors (Lipinski definition) is 4. The third kappa shape index (κ3) is 2.17. The van der Waals surface area contributed by atoms with E-state index in [-0.39, 0.29) is 6.61 Å². The molecule has 0 bridgehead atoms. The van der Waals surface area contributed by atoms with Crippen molar-refractivity contribution in [2.24, 2.45) is 5.73 Å². The lowest BCUT2D eigenvalue weighted by molar-refractivity contribution is 0.206. The second-order valence-corrected chi connectivity index (χ2v) is 3.14. The van der Waals surface area contributed by atoms with Crippen LogP contribution in [0.5, 0.6) is 5.88 Å². The van der Waals surface area contributed by atoms with Gasteiger partial charge in [-0.25, -0.2) is 4.98 Å². The van der Waals surface area contributed by atoms with Gasteiger partial charge in [0.05, 0.1) is 24.9 Å². The number of rotatable bonds is 3. The Hall–Kier alpha value is -1.13. The number of aliphatic hydroxyl groups is 1. The molecule has 1 aromatic rings. The Kier molecular flexibility index (Phi) is 2.85. The highest BCUT2D eigenvalue weighted by molar-refractivity contribution is 5.21. The number of ether oxygens (including phenoxy) is 1. The van der Waals surface area contributed by atoms with Crippen LogP contribution in [0, 0.1) is 0 Å². The van der Waals surface area contributed by atoms with Crippen LogP contribution in [0.1, 0.15) is 12.6 Å². The molecule has 4 heteroatoms. The van der Waals surface area contributed by atoms with Crippen molar-refractivity contribution in [1.82, 2.24) is 4.98 Å². The average Bonchev–Trinajstić information content (AvgIpc) is 2.18. The molecule has 0 aliphatic heterocycles. The van der Waals surface area contributed by atoms with Crippen LogP contribution in [0.4, 0.5) is 0 Å². The Balaban J connectivity index is 3.01. The van der Waals surface area contributed by atoms with Crippen LogP contribution in [0.3, 0.4) is 0 Å². The molecule has 0 aliphatic rings. The van der Waals surface area contributed by atoms with Gasteiger partial charge >= 0.3 is 0 Å². The van der Waals surface area contributed by atoms with Crippen LogP contribution in [0.25, 0.3) is 0 Å². The van der Waals surface area contributed by atoms with Crippen molar-refractivity contribution in [2.45, 2.75) is 12.5 Å². The number of nitrogens with two attached hydrogens (primary N) is 1. The zero-order valence-electron chi connectivity index (χ0n) is 7.82. The predicted molar refractivity (Wildman–Crippen MR) is 49.4 cm³/mol. The number of pyridine rings is 1. The lowest BCUT2D eigenvalue weighted by Gasteiger charge is -2.20. The Morgan fingerprint density at radius 3 is 2.85 bits per heavy atom. The van der Waals surface area contributed by atoms with E-state index in [0.717, 1.165) is 0 Å². The molecule has 1 heterocycles. The molecule has 4 nitrogen and oxygen atoms in total. The van der Waals surface area contributed by atoms with Crippen molar-refractivity contribution in [2.75, 3.05) is 13.7 Å². The minimum Gasteiger partial charge on any atom is -0.481 e. The number of hydrogen-bond donors (Lipinski definition) is 2. The third-order valence-electron chi connectivity index (χ3n) is 1.85. The summed E-state index contributed by atoms with van der Waals surface area (Å²) in [5.41, 5.74) is 5.60. The fourth-order valence-electron chi connectivity index (χ4n) is 0.928. The zero-order chi connectivity index (χ0) is 9.90. The van der Waals surface area contributed by atoms with Crippen molar-refractivity contribution in [1.29, 1.82) is 0 Å². The molecule has 0 aromatic carbocycles. The first-order valence-electron chi connectivity index (χ1n) is 4.01. The van der Waals surface area contributed by atoms with Gasteiger partial charge in [-0.15, -0.1) is 0 Å². The highest BCUT2D eigenvalue weighted by Crippen LogP contribution is 2.17. The second-order valence-electron chi connectivity index (χ2n) is 3.14. The molecule has 1 rings (SSSR count). The highest BCUT2D eigenvalue weighted by Gasteiger charge is 2.21. The Bertz CT molecular complexity index is 287. The van der Waals surface area contributed by atoms with Crippen molar-refractivity contribution in [3.63, 3.8) is 0 Å². The van der Waals surface area contributed by atoms with Crippen molar-refractivity contribution >= 4 is 0 Å². The summed E-state index contributed by atoms with van der Waals surface area (Å²) in [5.74, 6) is 0.502. The Morgan fingerprint density at radius 1 is 1.62 bits per heavy atom. The molecule has 1 aromatic heterocycles. The van der Waals surface area contributed by atoms with E-state index < -0.39 is 5.54 Å². The SMILES string of the molecule is COc1cccc(C(C)(N)CO)n1. The van der Waals surface area contributed by atoms with Gasteiger partial charge < -0.3 is 15.6 Å². The Labute approximate surface area is 77.4 Å². The minimum atomic E-state index is -0.811. The summed E-state index contributed by atoms with van der Waals surface area (Å²) in [5, 5.41) is 9.01.